The maximum atomic E-state index is 11.1. The topological polar surface area (TPSA) is 108 Å². The Morgan fingerprint density at radius 1 is 1.47 bits per heavy atom. The fraction of sp³-hybridized carbons (Fsp3) is 0.500. The molecule has 0 bridgehead atoms. The summed E-state index contributed by atoms with van der Waals surface area (Å²) in [5.41, 5.74) is 0.455. The van der Waals surface area contributed by atoms with Crippen LogP contribution in [-0.2, 0) is 24.8 Å². The molecule has 2 aromatic heterocycles. The molecule has 9 heteroatoms. The lowest BCUT2D eigenvalue weighted by Gasteiger charge is -2.06. The van der Waals surface area contributed by atoms with Crippen molar-refractivity contribution >= 4 is 5.97 Å². The summed E-state index contributed by atoms with van der Waals surface area (Å²) in [4.78, 5) is 11.1. The van der Waals surface area contributed by atoms with Crippen molar-refractivity contribution in [3.63, 3.8) is 0 Å². The summed E-state index contributed by atoms with van der Waals surface area (Å²) in [6, 6.07) is 0. The second kappa shape index (κ2) is 5.57. The van der Waals surface area contributed by atoms with Gasteiger partial charge in [-0.05, 0) is 0 Å². The van der Waals surface area contributed by atoms with Gasteiger partial charge in [-0.25, -0.2) is 9.48 Å². The van der Waals surface area contributed by atoms with E-state index in [0.717, 1.165) is 0 Å². The third-order valence-corrected chi connectivity index (χ3v) is 2.68. The molecule has 19 heavy (non-hydrogen) atoms. The third kappa shape index (κ3) is 2.76. The fourth-order valence-corrected chi connectivity index (χ4v) is 1.66. The maximum absolute atomic E-state index is 11.1. The van der Waals surface area contributed by atoms with Crippen LogP contribution in [0.3, 0.4) is 0 Å². The molecule has 0 atom stereocenters. The first-order chi connectivity index (χ1) is 9.13. The number of carboxylic acids is 1. The van der Waals surface area contributed by atoms with Crippen LogP contribution in [0.25, 0.3) is 0 Å². The minimum absolute atomic E-state index is 0.0563. The average molecular weight is 266 g/mol. The van der Waals surface area contributed by atoms with Gasteiger partial charge in [0, 0.05) is 20.6 Å². The minimum Gasteiger partial charge on any atom is -0.476 e. The molecule has 0 saturated carbocycles. The predicted octanol–water partition coefficient (Wildman–Crippen LogP) is -0.658. The number of carbonyl (C=O) groups is 1. The zero-order valence-electron chi connectivity index (χ0n) is 10.6. The summed E-state index contributed by atoms with van der Waals surface area (Å²) in [5, 5.41) is 24.3. The lowest BCUT2D eigenvalue weighted by molar-refractivity contribution is 0.0688. The number of carboxylic acid groups (broad SMARTS) is 1. The minimum atomic E-state index is -1.10. The maximum Gasteiger partial charge on any atom is 0.358 e. The lowest BCUT2D eigenvalue weighted by atomic mass is 10.2. The van der Waals surface area contributed by atoms with E-state index in [1.165, 1.54) is 4.68 Å². The van der Waals surface area contributed by atoms with Gasteiger partial charge >= 0.3 is 5.97 Å². The van der Waals surface area contributed by atoms with Crippen LogP contribution in [-0.4, -0.2) is 54.6 Å². The predicted molar refractivity (Wildman–Crippen MR) is 62.7 cm³/mol. The van der Waals surface area contributed by atoms with Gasteiger partial charge in [-0.15, -0.1) is 15.3 Å². The van der Waals surface area contributed by atoms with E-state index in [1.807, 2.05) is 0 Å². The molecule has 2 heterocycles. The van der Waals surface area contributed by atoms with Gasteiger partial charge in [-0.3, -0.25) is 0 Å². The normalized spacial score (nSPS) is 10.8. The van der Waals surface area contributed by atoms with E-state index < -0.39 is 5.97 Å². The van der Waals surface area contributed by atoms with Crippen LogP contribution in [0.15, 0.2) is 6.33 Å². The third-order valence-electron chi connectivity index (χ3n) is 2.68. The highest BCUT2D eigenvalue weighted by molar-refractivity contribution is 5.86. The Bertz CT molecular complexity index is 576. The second-order valence-electron chi connectivity index (χ2n) is 3.95. The SMILES string of the molecule is COCCc1c(C(=O)O)nnn1Cc1nncn1C. The average Bonchev–Trinajstić information content (AvgIpc) is 2.95. The first kappa shape index (κ1) is 13.1. The van der Waals surface area contributed by atoms with Crippen molar-refractivity contribution in [2.24, 2.45) is 7.05 Å². The largest absolute Gasteiger partial charge is 0.476 e. The van der Waals surface area contributed by atoms with Crippen LogP contribution in [0.2, 0.25) is 0 Å². The number of ether oxygens (including phenoxy) is 1. The first-order valence-electron chi connectivity index (χ1n) is 5.61. The highest BCUT2D eigenvalue weighted by Gasteiger charge is 2.19. The number of aromatic carboxylic acids is 1. The van der Waals surface area contributed by atoms with Gasteiger partial charge in [0.1, 0.15) is 12.9 Å². The van der Waals surface area contributed by atoms with Gasteiger partial charge in [-0.2, -0.15) is 0 Å². The molecule has 0 aromatic carbocycles. The van der Waals surface area contributed by atoms with Crippen molar-refractivity contribution < 1.29 is 14.6 Å². The molecule has 0 aliphatic rings. The molecule has 0 unspecified atom stereocenters. The lowest BCUT2D eigenvalue weighted by Crippen LogP contribution is -2.13. The Morgan fingerprint density at radius 2 is 2.26 bits per heavy atom. The van der Waals surface area contributed by atoms with Crippen LogP contribution in [0.5, 0.6) is 0 Å². The zero-order valence-corrected chi connectivity index (χ0v) is 10.6. The standard InChI is InChI=1S/C10H14N6O3/c1-15-6-11-12-8(15)5-16-7(3-4-19-2)9(10(17)18)13-14-16/h6H,3-5H2,1-2H3,(H,17,18). The van der Waals surface area contributed by atoms with Crippen molar-refractivity contribution in [1.82, 2.24) is 29.8 Å². The molecular weight excluding hydrogens is 252 g/mol. The molecule has 0 aliphatic heterocycles. The summed E-state index contributed by atoms with van der Waals surface area (Å²) >= 11 is 0. The smallest absolute Gasteiger partial charge is 0.358 e. The molecule has 1 N–H and O–H groups in total. The zero-order chi connectivity index (χ0) is 13.8. The van der Waals surface area contributed by atoms with Crippen molar-refractivity contribution in [2.45, 2.75) is 13.0 Å². The molecule has 0 amide bonds. The van der Waals surface area contributed by atoms with Crippen molar-refractivity contribution in [3.05, 3.63) is 23.5 Å². The summed E-state index contributed by atoms with van der Waals surface area (Å²) in [6.07, 6.45) is 1.99. The van der Waals surface area contributed by atoms with E-state index in [4.69, 9.17) is 9.84 Å². The van der Waals surface area contributed by atoms with Crippen molar-refractivity contribution in [2.75, 3.05) is 13.7 Å². The number of nitrogens with zero attached hydrogens (tertiary/aromatic N) is 6. The Labute approximate surface area is 108 Å². The summed E-state index contributed by atoms with van der Waals surface area (Å²) in [6.45, 7) is 0.711. The molecule has 0 radical (unpaired) electrons. The number of methoxy groups -OCH3 is 1. The van der Waals surface area contributed by atoms with Crippen LogP contribution in [0.1, 0.15) is 22.0 Å². The summed E-state index contributed by atoms with van der Waals surface area (Å²) < 4.78 is 8.21. The summed E-state index contributed by atoms with van der Waals surface area (Å²) in [5.74, 6) is -0.434. The highest BCUT2D eigenvalue weighted by atomic mass is 16.5. The van der Waals surface area contributed by atoms with E-state index >= 15 is 0 Å². The number of aromatic nitrogens is 6. The van der Waals surface area contributed by atoms with Crippen molar-refractivity contribution in [3.8, 4) is 0 Å². The van der Waals surface area contributed by atoms with Gasteiger partial charge < -0.3 is 14.4 Å². The van der Waals surface area contributed by atoms with Gasteiger partial charge in [0.2, 0.25) is 0 Å². The van der Waals surface area contributed by atoms with Crippen LogP contribution in [0, 0.1) is 0 Å². The number of hydrogen-bond donors (Lipinski definition) is 1. The van der Waals surface area contributed by atoms with Crippen LogP contribution in [0.4, 0.5) is 0 Å². The quantitative estimate of drug-likeness (QED) is 0.739. The number of aryl methyl sites for hydroxylation is 1. The van der Waals surface area contributed by atoms with E-state index in [9.17, 15) is 4.79 Å². The molecule has 2 rings (SSSR count). The number of rotatable bonds is 6. The van der Waals surface area contributed by atoms with Gasteiger partial charge in [-0.1, -0.05) is 5.21 Å². The molecule has 2 aromatic rings. The second-order valence-corrected chi connectivity index (χ2v) is 3.95. The first-order valence-corrected chi connectivity index (χ1v) is 5.61. The Balaban J connectivity index is 2.29. The molecule has 9 nitrogen and oxygen atoms in total. The van der Waals surface area contributed by atoms with E-state index in [2.05, 4.69) is 20.5 Å². The van der Waals surface area contributed by atoms with E-state index in [1.54, 1.807) is 25.1 Å². The molecule has 102 valence electrons. The van der Waals surface area contributed by atoms with E-state index in [0.29, 0.717) is 31.1 Å². The van der Waals surface area contributed by atoms with Gasteiger partial charge in [0.25, 0.3) is 0 Å². The Kier molecular flexibility index (Phi) is 3.85. The van der Waals surface area contributed by atoms with Crippen LogP contribution >= 0.6 is 0 Å². The highest BCUT2D eigenvalue weighted by Crippen LogP contribution is 2.09. The van der Waals surface area contributed by atoms with Crippen LogP contribution < -0.4 is 0 Å². The molecule has 0 saturated heterocycles. The fourth-order valence-electron chi connectivity index (χ4n) is 1.66. The van der Waals surface area contributed by atoms with Crippen molar-refractivity contribution in [1.29, 1.82) is 0 Å². The number of hydrogen-bond acceptors (Lipinski definition) is 6. The molecule has 0 fully saturated rings. The van der Waals surface area contributed by atoms with Gasteiger partial charge in [0.05, 0.1) is 12.3 Å². The molecule has 0 aliphatic carbocycles. The molecular formula is C10H14N6O3. The monoisotopic (exact) mass is 266 g/mol. The molecule has 0 spiro atoms. The Morgan fingerprint density at radius 3 is 2.84 bits per heavy atom. The van der Waals surface area contributed by atoms with Gasteiger partial charge in [0.15, 0.2) is 11.5 Å². The van der Waals surface area contributed by atoms with E-state index in [-0.39, 0.29) is 5.69 Å². The summed E-state index contributed by atoms with van der Waals surface area (Å²) in [7, 11) is 3.36. The Hall–Kier alpha value is -2.29.